The third-order valence-electron chi connectivity index (χ3n) is 11.9. The van der Waals surface area contributed by atoms with E-state index in [0.717, 1.165) is 67.1 Å². The molecule has 5 aromatic rings. The summed E-state index contributed by atoms with van der Waals surface area (Å²) in [4.78, 5) is 48.5. The highest BCUT2D eigenvalue weighted by Gasteiger charge is 2.33. The number of benzene rings is 3. The molecule has 0 bridgehead atoms. The van der Waals surface area contributed by atoms with Crippen LogP contribution < -0.4 is 29.7 Å². The Kier molecular flexibility index (Phi) is 12.7. The standard InChI is InChI=1S/C45H49ClN8O9S/c1-45(2)13-10-30(37(24-45)28-4-6-31(46)7-5-28)26-52-16-18-53(19-17-52)33-8-9-36(39(21-33)63-34-20-29-11-14-47-42(29)49-25-34)43(55)51-64(59,60)35-22-38(54(57)58)41-40(23-35)62-27-32(50-41)12-15-48-44(56)61-3/h4-9,11,14,20-23,25,32,50H,10,12-13,15-19,24,26-27H2,1-3H3,(H,47,49)(H,48,56)(H,51,55)/t32-/m1/s1. The minimum absolute atomic E-state index is 0.0240. The van der Waals surface area contributed by atoms with Crippen molar-refractivity contribution in [2.75, 3.05) is 63.2 Å². The van der Waals surface area contributed by atoms with Gasteiger partial charge in [0.1, 0.15) is 23.8 Å². The third kappa shape index (κ3) is 10.0. The number of nitrogens with one attached hydrogen (secondary N) is 4. The van der Waals surface area contributed by atoms with Crippen molar-refractivity contribution >= 4 is 67.3 Å². The van der Waals surface area contributed by atoms with Crippen molar-refractivity contribution in [3.05, 3.63) is 111 Å². The van der Waals surface area contributed by atoms with E-state index >= 15 is 0 Å². The Labute approximate surface area is 375 Å². The monoisotopic (exact) mass is 912 g/mol. The fourth-order valence-electron chi connectivity index (χ4n) is 8.36. The average Bonchev–Trinajstić information content (AvgIpc) is 3.75. The van der Waals surface area contributed by atoms with Crippen LogP contribution in [0.3, 0.4) is 0 Å². The predicted octanol–water partition coefficient (Wildman–Crippen LogP) is 7.74. The zero-order valence-corrected chi connectivity index (χ0v) is 37.2. The molecule has 336 valence electrons. The number of aromatic nitrogens is 2. The number of allylic oxidation sites excluding steroid dienone is 1. The number of amides is 2. The number of hydrogen-bond acceptors (Lipinski definition) is 13. The van der Waals surface area contributed by atoms with E-state index in [1.54, 1.807) is 24.4 Å². The summed E-state index contributed by atoms with van der Waals surface area (Å²) in [5.74, 6) is -0.689. The maximum atomic E-state index is 14.0. The van der Waals surface area contributed by atoms with E-state index in [-0.39, 0.29) is 41.3 Å². The fraction of sp³-hybridized carbons (Fsp3) is 0.356. The summed E-state index contributed by atoms with van der Waals surface area (Å²) in [6.07, 6.45) is 6.10. The van der Waals surface area contributed by atoms with Crippen molar-refractivity contribution in [3.8, 4) is 17.2 Å². The molecule has 2 aliphatic heterocycles. The molecule has 2 aromatic heterocycles. The predicted molar refractivity (Wildman–Crippen MR) is 243 cm³/mol. The van der Waals surface area contributed by atoms with Gasteiger partial charge in [0.2, 0.25) is 0 Å². The number of ether oxygens (including phenoxy) is 3. The van der Waals surface area contributed by atoms with Crippen molar-refractivity contribution in [1.82, 2.24) is 24.9 Å². The van der Waals surface area contributed by atoms with Gasteiger partial charge in [0, 0.05) is 79.8 Å². The number of nitrogens with zero attached hydrogens (tertiary/aromatic N) is 4. The Morgan fingerprint density at radius 3 is 2.59 bits per heavy atom. The molecule has 17 nitrogen and oxygen atoms in total. The van der Waals surface area contributed by atoms with Crippen LogP contribution in [0.5, 0.6) is 17.2 Å². The Balaban J connectivity index is 1.01. The number of rotatable bonds is 13. The number of alkyl carbamates (subject to hydrolysis) is 1. The lowest BCUT2D eigenvalue weighted by atomic mass is 9.72. The average molecular weight is 913 g/mol. The SMILES string of the molecule is COC(=O)NCC[C@@H]1COc2cc(S(=O)(=O)NC(=O)c3ccc(N4CCN(CC5=C(c6ccc(Cl)cc6)CC(C)(C)CC5)CC4)cc3Oc3cnc4[nH]ccc4c3)cc([N+](=O)[O-])c2N1. The zero-order valence-electron chi connectivity index (χ0n) is 35.6. The number of carbonyl (C=O) groups excluding carboxylic acids is 2. The third-order valence-corrected chi connectivity index (χ3v) is 13.4. The Morgan fingerprint density at radius 1 is 1.06 bits per heavy atom. The second-order valence-corrected chi connectivity index (χ2v) is 19.0. The van der Waals surface area contributed by atoms with Gasteiger partial charge >= 0.3 is 6.09 Å². The van der Waals surface area contributed by atoms with E-state index in [1.165, 1.54) is 36.1 Å². The molecule has 2 amide bonds. The molecule has 8 rings (SSSR count). The maximum absolute atomic E-state index is 14.0. The first-order valence-electron chi connectivity index (χ1n) is 20.9. The first kappa shape index (κ1) is 44.2. The molecule has 0 spiro atoms. The van der Waals surface area contributed by atoms with Gasteiger partial charge in [-0.2, -0.15) is 0 Å². The van der Waals surface area contributed by atoms with Gasteiger partial charge in [-0.3, -0.25) is 19.8 Å². The van der Waals surface area contributed by atoms with Crippen molar-refractivity contribution in [2.24, 2.45) is 5.41 Å². The zero-order chi connectivity index (χ0) is 45.2. The molecule has 1 aliphatic carbocycles. The molecular formula is C45H49ClN8O9S. The first-order valence-corrected chi connectivity index (χ1v) is 22.8. The lowest BCUT2D eigenvalue weighted by Gasteiger charge is -2.39. The smallest absolute Gasteiger partial charge is 0.406 e. The van der Waals surface area contributed by atoms with Crippen molar-refractivity contribution in [1.29, 1.82) is 0 Å². The Bertz CT molecular complexity index is 2730. The minimum atomic E-state index is -4.70. The number of halogens is 1. The van der Waals surface area contributed by atoms with Crippen molar-refractivity contribution in [3.63, 3.8) is 0 Å². The fourth-order valence-corrected chi connectivity index (χ4v) is 9.49. The Hall–Kier alpha value is -6.37. The van der Waals surface area contributed by atoms with E-state index in [4.69, 9.17) is 21.1 Å². The van der Waals surface area contributed by atoms with Crippen LogP contribution in [-0.2, 0) is 14.8 Å². The van der Waals surface area contributed by atoms with Crippen LogP contribution in [0.2, 0.25) is 5.02 Å². The quantitative estimate of drug-likeness (QED) is 0.0659. The number of anilines is 2. The van der Waals surface area contributed by atoms with Gasteiger partial charge in [-0.25, -0.2) is 22.9 Å². The number of nitro groups is 1. The molecule has 64 heavy (non-hydrogen) atoms. The molecule has 0 unspecified atom stereocenters. The van der Waals surface area contributed by atoms with Crippen LogP contribution in [0.15, 0.2) is 89.6 Å². The number of aromatic amines is 1. The van der Waals surface area contributed by atoms with Gasteiger partial charge in [-0.15, -0.1) is 0 Å². The topological polar surface area (TPSA) is 210 Å². The van der Waals surface area contributed by atoms with Gasteiger partial charge in [0.25, 0.3) is 21.6 Å². The number of H-pyrrole nitrogens is 1. The van der Waals surface area contributed by atoms with E-state index in [9.17, 15) is 28.1 Å². The summed E-state index contributed by atoms with van der Waals surface area (Å²) >= 11 is 6.24. The number of sulfonamides is 1. The number of nitro benzene ring substituents is 1. The highest BCUT2D eigenvalue weighted by Crippen LogP contribution is 2.44. The maximum Gasteiger partial charge on any atom is 0.406 e. The molecule has 3 aliphatic rings. The second-order valence-electron chi connectivity index (χ2n) is 16.9. The highest BCUT2D eigenvalue weighted by molar-refractivity contribution is 7.90. The molecular weight excluding hydrogens is 864 g/mol. The first-order chi connectivity index (χ1) is 30.6. The molecule has 1 atom stereocenters. The number of pyridine rings is 1. The van der Waals surface area contributed by atoms with Gasteiger partial charge in [-0.1, -0.05) is 43.2 Å². The number of carbonyl (C=O) groups is 2. The molecule has 3 aromatic carbocycles. The van der Waals surface area contributed by atoms with Crippen LogP contribution in [0.25, 0.3) is 16.6 Å². The molecule has 4 N–H and O–H groups in total. The van der Waals surface area contributed by atoms with E-state index in [0.29, 0.717) is 30.9 Å². The summed E-state index contributed by atoms with van der Waals surface area (Å²) in [5.41, 5.74) is 5.01. The van der Waals surface area contributed by atoms with Gasteiger partial charge in [0.05, 0.1) is 34.7 Å². The van der Waals surface area contributed by atoms with Crippen LogP contribution in [0.1, 0.15) is 55.5 Å². The molecule has 1 fully saturated rings. The Morgan fingerprint density at radius 2 is 1.84 bits per heavy atom. The normalized spacial score (nSPS) is 17.5. The van der Waals surface area contributed by atoms with Crippen LogP contribution in [0, 0.1) is 15.5 Å². The van der Waals surface area contributed by atoms with Crippen LogP contribution in [0.4, 0.5) is 21.9 Å². The number of hydrogen-bond donors (Lipinski definition) is 4. The van der Waals surface area contributed by atoms with Crippen LogP contribution in [-0.4, -0.2) is 99.2 Å². The summed E-state index contributed by atoms with van der Waals surface area (Å²) in [7, 11) is -3.47. The molecule has 1 saturated heterocycles. The van der Waals surface area contributed by atoms with Gasteiger partial charge in [0.15, 0.2) is 11.4 Å². The number of fused-ring (bicyclic) bond motifs is 2. The lowest BCUT2D eigenvalue weighted by Crippen LogP contribution is -2.47. The lowest BCUT2D eigenvalue weighted by molar-refractivity contribution is -0.384. The second kappa shape index (κ2) is 18.4. The summed E-state index contributed by atoms with van der Waals surface area (Å²) in [6.45, 7) is 8.72. The van der Waals surface area contributed by atoms with Gasteiger partial charge < -0.3 is 34.7 Å². The molecule has 19 heteroatoms. The largest absolute Gasteiger partial charge is 0.489 e. The number of piperazine rings is 1. The summed E-state index contributed by atoms with van der Waals surface area (Å²) in [6, 6.07) is 18.2. The molecule has 0 saturated carbocycles. The van der Waals surface area contributed by atoms with Crippen LogP contribution >= 0.6 is 11.6 Å². The summed E-state index contributed by atoms with van der Waals surface area (Å²) in [5, 5.41) is 19.2. The minimum Gasteiger partial charge on any atom is -0.489 e. The highest BCUT2D eigenvalue weighted by atomic mass is 35.5. The number of methoxy groups -OCH3 is 1. The van der Waals surface area contributed by atoms with Crippen molar-refractivity contribution in [2.45, 2.75) is 50.5 Å². The molecule has 4 heterocycles. The summed E-state index contributed by atoms with van der Waals surface area (Å²) < 4.78 is 46.4. The van der Waals surface area contributed by atoms with Crippen molar-refractivity contribution < 1.29 is 37.1 Å². The molecule has 0 radical (unpaired) electrons. The van der Waals surface area contributed by atoms with E-state index in [1.807, 2.05) is 18.2 Å². The van der Waals surface area contributed by atoms with E-state index < -0.39 is 43.6 Å². The van der Waals surface area contributed by atoms with E-state index in [2.05, 4.69) is 65.8 Å². The van der Waals surface area contributed by atoms with Gasteiger partial charge in [-0.05, 0) is 78.6 Å².